The molecule has 1 aliphatic heterocycles. The highest BCUT2D eigenvalue weighted by Gasteiger charge is 2.34. The molecule has 0 unspecified atom stereocenters. The van der Waals surface area contributed by atoms with Crippen LogP contribution >= 0.6 is 11.3 Å². The van der Waals surface area contributed by atoms with Crippen molar-refractivity contribution in [3.05, 3.63) is 22.4 Å². The summed E-state index contributed by atoms with van der Waals surface area (Å²) >= 11 is 1.70. The first kappa shape index (κ1) is 19.3. The van der Waals surface area contributed by atoms with E-state index >= 15 is 0 Å². The third-order valence-electron chi connectivity index (χ3n) is 5.43. The molecular formula is C19H30N3O3S+. The smallest absolute Gasteiger partial charge is 0.309 e. The summed E-state index contributed by atoms with van der Waals surface area (Å²) in [5.41, 5.74) is 0. The predicted octanol–water partition coefficient (Wildman–Crippen LogP) is 0.658. The van der Waals surface area contributed by atoms with Crippen molar-refractivity contribution in [1.29, 1.82) is 0 Å². The van der Waals surface area contributed by atoms with Gasteiger partial charge in [-0.2, -0.15) is 0 Å². The van der Waals surface area contributed by atoms with Gasteiger partial charge in [-0.1, -0.05) is 25.3 Å². The van der Waals surface area contributed by atoms with Crippen molar-refractivity contribution in [1.82, 2.24) is 10.6 Å². The fourth-order valence-corrected chi connectivity index (χ4v) is 5.06. The molecule has 0 spiro atoms. The van der Waals surface area contributed by atoms with Crippen LogP contribution in [0.25, 0.3) is 0 Å². The minimum Gasteiger partial charge on any atom is -0.370 e. The molecule has 1 saturated heterocycles. The molecule has 1 aromatic heterocycles. The average molecular weight is 381 g/mol. The van der Waals surface area contributed by atoms with Crippen molar-refractivity contribution in [3.8, 4) is 0 Å². The highest BCUT2D eigenvalue weighted by molar-refractivity contribution is 7.10. The number of thiophene rings is 1. The van der Waals surface area contributed by atoms with Gasteiger partial charge in [-0.05, 0) is 31.2 Å². The Morgan fingerprint density at radius 1 is 1.19 bits per heavy atom. The lowest BCUT2D eigenvalue weighted by molar-refractivity contribution is -0.939. The Balaban J connectivity index is 1.60. The van der Waals surface area contributed by atoms with E-state index in [1.807, 2.05) is 13.0 Å². The predicted molar refractivity (Wildman–Crippen MR) is 101 cm³/mol. The fraction of sp³-hybridized carbons (Fsp3) is 0.684. The molecule has 0 bridgehead atoms. The third-order valence-corrected chi connectivity index (χ3v) is 6.39. The summed E-state index contributed by atoms with van der Waals surface area (Å²) in [6.45, 7) is 5.30. The molecule has 2 heterocycles. The molecule has 7 heteroatoms. The van der Waals surface area contributed by atoms with Gasteiger partial charge in [-0.25, -0.2) is 0 Å². The van der Waals surface area contributed by atoms with Gasteiger partial charge in [0.15, 0.2) is 0 Å². The summed E-state index contributed by atoms with van der Waals surface area (Å²) in [7, 11) is 0. The monoisotopic (exact) mass is 380 g/mol. The largest absolute Gasteiger partial charge is 0.370 e. The van der Waals surface area contributed by atoms with Crippen LogP contribution in [-0.2, 0) is 14.3 Å². The lowest BCUT2D eigenvalue weighted by Crippen LogP contribution is -3.15. The maximum absolute atomic E-state index is 12.4. The SMILES string of the molecule is C[C@@H](NC(=O)C(=O)NC1CCCCC1)[C@H](c1cccs1)[NH+]1CCOCC1. The van der Waals surface area contributed by atoms with E-state index < -0.39 is 11.8 Å². The van der Waals surface area contributed by atoms with Crippen LogP contribution in [0, 0.1) is 0 Å². The van der Waals surface area contributed by atoms with E-state index in [-0.39, 0.29) is 18.1 Å². The fourth-order valence-electron chi connectivity index (χ4n) is 4.07. The van der Waals surface area contributed by atoms with E-state index in [4.69, 9.17) is 4.74 Å². The van der Waals surface area contributed by atoms with Crippen molar-refractivity contribution in [2.45, 2.75) is 57.2 Å². The highest BCUT2D eigenvalue weighted by Crippen LogP contribution is 2.20. The van der Waals surface area contributed by atoms with Gasteiger partial charge in [0.2, 0.25) is 0 Å². The van der Waals surface area contributed by atoms with Crippen LogP contribution in [0.15, 0.2) is 17.5 Å². The van der Waals surface area contributed by atoms with Gasteiger partial charge in [0, 0.05) is 6.04 Å². The van der Waals surface area contributed by atoms with Gasteiger partial charge in [-0.15, -0.1) is 11.3 Å². The molecule has 26 heavy (non-hydrogen) atoms. The number of rotatable bonds is 5. The zero-order chi connectivity index (χ0) is 18.4. The van der Waals surface area contributed by atoms with Crippen LogP contribution < -0.4 is 15.5 Å². The first-order valence-electron chi connectivity index (χ1n) is 9.72. The van der Waals surface area contributed by atoms with Gasteiger partial charge in [0.1, 0.15) is 19.1 Å². The molecule has 0 aromatic carbocycles. The van der Waals surface area contributed by atoms with Gasteiger partial charge in [0.25, 0.3) is 0 Å². The standard InChI is InChI=1S/C19H29N3O3S/c1-14(20-18(23)19(24)21-15-6-3-2-4-7-15)17(16-8-5-13-26-16)22-9-11-25-12-10-22/h5,8,13-15,17H,2-4,6-7,9-12H2,1H3,(H,20,23)(H,21,24)/p+1/t14-,17-/m1/s1. The number of hydrogen-bond donors (Lipinski definition) is 3. The summed E-state index contributed by atoms with van der Waals surface area (Å²) in [6.07, 6.45) is 5.43. The Hall–Kier alpha value is -1.44. The van der Waals surface area contributed by atoms with Crippen LogP contribution in [0.5, 0.6) is 0 Å². The van der Waals surface area contributed by atoms with Gasteiger partial charge in [-0.3, -0.25) is 9.59 Å². The zero-order valence-corrected chi connectivity index (χ0v) is 16.3. The molecule has 6 nitrogen and oxygen atoms in total. The third kappa shape index (κ3) is 5.05. The van der Waals surface area contributed by atoms with Gasteiger partial charge < -0.3 is 20.3 Å². The maximum atomic E-state index is 12.4. The van der Waals surface area contributed by atoms with E-state index in [0.717, 1.165) is 52.0 Å². The maximum Gasteiger partial charge on any atom is 0.309 e. The number of hydrogen-bond acceptors (Lipinski definition) is 4. The van der Waals surface area contributed by atoms with E-state index in [1.165, 1.54) is 16.2 Å². The number of carbonyl (C=O) groups excluding carboxylic acids is 2. The van der Waals surface area contributed by atoms with Crippen LogP contribution in [0.4, 0.5) is 0 Å². The number of morpholine rings is 1. The lowest BCUT2D eigenvalue weighted by atomic mass is 9.95. The average Bonchev–Trinajstić information content (AvgIpc) is 3.17. The lowest BCUT2D eigenvalue weighted by Gasteiger charge is -2.34. The number of quaternary nitrogens is 1. The minimum absolute atomic E-state index is 0.119. The molecule has 2 atom stereocenters. The quantitative estimate of drug-likeness (QED) is 0.657. The van der Waals surface area contributed by atoms with Crippen molar-refractivity contribution in [2.75, 3.05) is 26.3 Å². The molecule has 1 aliphatic carbocycles. The second-order valence-corrected chi connectivity index (χ2v) is 8.31. The number of amides is 2. The molecular weight excluding hydrogens is 350 g/mol. The molecule has 3 N–H and O–H groups in total. The van der Waals surface area contributed by atoms with Gasteiger partial charge in [0.05, 0.1) is 24.1 Å². The summed E-state index contributed by atoms with van der Waals surface area (Å²) < 4.78 is 5.48. The molecule has 2 aliphatic rings. The van der Waals surface area contributed by atoms with Crippen LogP contribution in [0.1, 0.15) is 49.9 Å². The van der Waals surface area contributed by atoms with E-state index in [9.17, 15) is 9.59 Å². The molecule has 2 fully saturated rings. The molecule has 2 amide bonds. The van der Waals surface area contributed by atoms with Crippen LogP contribution in [0.2, 0.25) is 0 Å². The topological polar surface area (TPSA) is 71.9 Å². The molecule has 3 rings (SSSR count). The normalized spacial score (nSPS) is 21.7. The summed E-state index contributed by atoms with van der Waals surface area (Å²) in [4.78, 5) is 27.4. The van der Waals surface area contributed by atoms with E-state index in [0.29, 0.717) is 0 Å². The zero-order valence-electron chi connectivity index (χ0n) is 15.5. The minimum atomic E-state index is -0.516. The number of carbonyl (C=O) groups is 2. The summed E-state index contributed by atoms with van der Waals surface area (Å²) in [5, 5.41) is 7.91. The molecule has 144 valence electrons. The van der Waals surface area contributed by atoms with Crippen molar-refractivity contribution in [3.63, 3.8) is 0 Å². The van der Waals surface area contributed by atoms with E-state index in [1.54, 1.807) is 11.3 Å². The van der Waals surface area contributed by atoms with Crippen molar-refractivity contribution < 1.29 is 19.2 Å². The first-order chi connectivity index (χ1) is 12.6. The van der Waals surface area contributed by atoms with Crippen LogP contribution in [0.3, 0.4) is 0 Å². The van der Waals surface area contributed by atoms with E-state index in [2.05, 4.69) is 22.1 Å². The Kier molecular flexibility index (Phi) is 7.05. The van der Waals surface area contributed by atoms with Crippen molar-refractivity contribution >= 4 is 23.2 Å². The van der Waals surface area contributed by atoms with Gasteiger partial charge >= 0.3 is 11.8 Å². The highest BCUT2D eigenvalue weighted by atomic mass is 32.1. The Morgan fingerprint density at radius 2 is 1.92 bits per heavy atom. The Morgan fingerprint density at radius 3 is 2.58 bits per heavy atom. The van der Waals surface area contributed by atoms with Crippen LogP contribution in [-0.4, -0.2) is 50.2 Å². The molecule has 0 radical (unpaired) electrons. The summed E-state index contributed by atoms with van der Waals surface area (Å²) in [6, 6.07) is 4.33. The Labute approximate surface area is 159 Å². The van der Waals surface area contributed by atoms with Crippen molar-refractivity contribution in [2.24, 2.45) is 0 Å². The summed E-state index contributed by atoms with van der Waals surface area (Å²) in [5.74, 6) is -1.01. The second-order valence-electron chi connectivity index (χ2n) is 7.33. The second kappa shape index (κ2) is 9.48. The molecule has 1 aromatic rings. The number of nitrogens with one attached hydrogen (secondary N) is 3. The molecule has 1 saturated carbocycles. The first-order valence-corrected chi connectivity index (χ1v) is 10.6. The number of ether oxygens (including phenoxy) is 1. The Bertz CT molecular complexity index is 581.